The number of hydrogen-bond donors (Lipinski definition) is 2. The fourth-order valence-corrected chi connectivity index (χ4v) is 2.45. The molecule has 0 fully saturated rings. The van der Waals surface area contributed by atoms with Gasteiger partial charge in [0.2, 0.25) is 0 Å². The van der Waals surface area contributed by atoms with Crippen molar-refractivity contribution in [2.75, 3.05) is 10.6 Å². The van der Waals surface area contributed by atoms with Crippen molar-refractivity contribution in [3.63, 3.8) is 0 Å². The van der Waals surface area contributed by atoms with Crippen molar-refractivity contribution in [1.82, 2.24) is 0 Å². The summed E-state index contributed by atoms with van der Waals surface area (Å²) in [5.41, 5.74) is 1.08. The number of carbonyl (C=O) groups excluding carboxylic acids is 1. The third kappa shape index (κ3) is 4.28. The molecule has 20 heavy (non-hydrogen) atoms. The maximum Gasteiger partial charge on any atom is 0.323 e. The van der Waals surface area contributed by atoms with Gasteiger partial charge in [0, 0.05) is 25.9 Å². The minimum Gasteiger partial charge on any atom is -0.308 e. The average molecular weight is 394 g/mol. The van der Waals surface area contributed by atoms with Crippen LogP contribution in [0.4, 0.5) is 16.2 Å². The number of anilines is 2. The number of hydrogen-bond acceptors (Lipinski definition) is 1. The summed E-state index contributed by atoms with van der Waals surface area (Å²) < 4.78 is 0.756. The fourth-order valence-electron chi connectivity index (χ4n) is 1.49. The van der Waals surface area contributed by atoms with E-state index in [9.17, 15) is 4.79 Å². The quantitative estimate of drug-likeness (QED) is 0.639. The molecule has 0 saturated carbocycles. The number of rotatable bonds is 2. The second kappa shape index (κ2) is 6.68. The summed E-state index contributed by atoms with van der Waals surface area (Å²) in [6, 6.07) is 9.47. The lowest BCUT2D eigenvalue weighted by Gasteiger charge is -2.09. The van der Waals surface area contributed by atoms with E-state index in [-0.39, 0.29) is 0 Å². The number of urea groups is 1. The lowest BCUT2D eigenvalue weighted by atomic mass is 10.3. The summed E-state index contributed by atoms with van der Waals surface area (Å²) in [7, 11) is 0. The zero-order chi connectivity index (χ0) is 14.7. The van der Waals surface area contributed by atoms with Crippen LogP contribution in [0.2, 0.25) is 15.1 Å². The zero-order valence-corrected chi connectivity index (χ0v) is 13.7. The van der Waals surface area contributed by atoms with Crippen LogP contribution in [0.15, 0.2) is 40.9 Å². The largest absolute Gasteiger partial charge is 0.323 e. The van der Waals surface area contributed by atoms with E-state index < -0.39 is 6.03 Å². The van der Waals surface area contributed by atoms with Gasteiger partial charge in [-0.05, 0) is 52.3 Å². The van der Waals surface area contributed by atoms with Crippen molar-refractivity contribution in [3.05, 3.63) is 55.9 Å². The Morgan fingerprint density at radius 1 is 0.900 bits per heavy atom. The van der Waals surface area contributed by atoms with Gasteiger partial charge in [0.05, 0.1) is 5.02 Å². The first-order valence-corrected chi connectivity index (χ1v) is 7.36. The third-order valence-corrected chi connectivity index (χ3v) is 3.97. The molecule has 0 radical (unpaired) electrons. The summed E-state index contributed by atoms with van der Waals surface area (Å²) in [6.45, 7) is 0. The van der Waals surface area contributed by atoms with Crippen LogP contribution in [0.25, 0.3) is 0 Å². The number of carbonyl (C=O) groups is 1. The summed E-state index contributed by atoms with van der Waals surface area (Å²) in [4.78, 5) is 11.8. The van der Waals surface area contributed by atoms with Gasteiger partial charge in [-0.15, -0.1) is 0 Å². The van der Waals surface area contributed by atoms with Crippen molar-refractivity contribution < 1.29 is 4.79 Å². The molecule has 2 aromatic carbocycles. The number of halogens is 4. The van der Waals surface area contributed by atoms with Gasteiger partial charge in [-0.1, -0.05) is 34.8 Å². The molecule has 0 unspecified atom stereocenters. The van der Waals surface area contributed by atoms with Crippen LogP contribution in [0, 0.1) is 0 Å². The molecule has 2 rings (SSSR count). The summed E-state index contributed by atoms with van der Waals surface area (Å²) in [5.74, 6) is 0. The molecule has 0 atom stereocenters. The van der Waals surface area contributed by atoms with Crippen LogP contribution in [0.3, 0.4) is 0 Å². The van der Waals surface area contributed by atoms with Crippen molar-refractivity contribution in [2.45, 2.75) is 0 Å². The monoisotopic (exact) mass is 392 g/mol. The van der Waals surface area contributed by atoms with Gasteiger partial charge in [-0.25, -0.2) is 4.79 Å². The maximum atomic E-state index is 11.8. The van der Waals surface area contributed by atoms with E-state index in [0.29, 0.717) is 26.4 Å². The molecule has 0 aromatic heterocycles. The highest BCUT2D eigenvalue weighted by molar-refractivity contribution is 9.10. The Labute approximate surface area is 139 Å². The molecule has 0 aliphatic heterocycles. The Morgan fingerprint density at radius 2 is 1.50 bits per heavy atom. The molecule has 0 bridgehead atoms. The molecule has 0 aliphatic rings. The molecule has 0 saturated heterocycles. The second-order valence-electron chi connectivity index (χ2n) is 3.87. The summed E-state index contributed by atoms with van der Waals surface area (Å²) in [5, 5.41) is 6.68. The lowest BCUT2D eigenvalue weighted by molar-refractivity contribution is 0.262. The highest BCUT2D eigenvalue weighted by atomic mass is 79.9. The van der Waals surface area contributed by atoms with Crippen LogP contribution in [0.1, 0.15) is 0 Å². The van der Waals surface area contributed by atoms with Gasteiger partial charge in [0.25, 0.3) is 0 Å². The highest BCUT2D eigenvalue weighted by Gasteiger charge is 2.06. The van der Waals surface area contributed by atoms with E-state index in [1.54, 1.807) is 36.4 Å². The molecule has 0 spiro atoms. The van der Waals surface area contributed by atoms with Crippen LogP contribution in [0.5, 0.6) is 0 Å². The minimum absolute atomic E-state index is 0.415. The van der Waals surface area contributed by atoms with Crippen molar-refractivity contribution in [3.8, 4) is 0 Å². The van der Waals surface area contributed by atoms with Crippen molar-refractivity contribution in [2.24, 2.45) is 0 Å². The van der Waals surface area contributed by atoms with Gasteiger partial charge in [-0.2, -0.15) is 0 Å². The molecule has 7 heteroatoms. The SMILES string of the molecule is O=C(Nc1cc(Cl)cc(Cl)c1)Nc1ccc(Br)c(Cl)c1. The Morgan fingerprint density at radius 3 is 2.10 bits per heavy atom. The smallest absolute Gasteiger partial charge is 0.308 e. The number of benzene rings is 2. The number of amides is 2. The Hall–Kier alpha value is -0.940. The van der Waals surface area contributed by atoms with E-state index in [1.807, 2.05) is 0 Å². The van der Waals surface area contributed by atoms with E-state index in [2.05, 4.69) is 26.6 Å². The van der Waals surface area contributed by atoms with Gasteiger partial charge in [-0.3, -0.25) is 0 Å². The standard InChI is InChI=1S/C13H8BrCl3N2O/c14-11-2-1-9(6-12(11)17)18-13(20)19-10-4-7(15)3-8(16)5-10/h1-6H,(H2,18,19,20). The van der Waals surface area contributed by atoms with Gasteiger partial charge < -0.3 is 10.6 Å². The highest BCUT2D eigenvalue weighted by Crippen LogP contribution is 2.26. The lowest BCUT2D eigenvalue weighted by Crippen LogP contribution is -2.19. The normalized spacial score (nSPS) is 10.2. The predicted octanol–water partition coefficient (Wildman–Crippen LogP) is 6.05. The fraction of sp³-hybridized carbons (Fsp3) is 0. The second-order valence-corrected chi connectivity index (χ2v) is 6.00. The van der Waals surface area contributed by atoms with Crippen LogP contribution in [-0.2, 0) is 0 Å². The third-order valence-electron chi connectivity index (χ3n) is 2.30. The van der Waals surface area contributed by atoms with Crippen molar-refractivity contribution in [1.29, 1.82) is 0 Å². The van der Waals surface area contributed by atoms with Gasteiger partial charge in [0.1, 0.15) is 0 Å². The van der Waals surface area contributed by atoms with Crippen LogP contribution < -0.4 is 10.6 Å². The maximum absolute atomic E-state index is 11.8. The molecule has 0 heterocycles. The molecule has 104 valence electrons. The molecule has 2 aromatic rings. The minimum atomic E-state index is -0.415. The van der Waals surface area contributed by atoms with E-state index in [4.69, 9.17) is 34.8 Å². The van der Waals surface area contributed by atoms with Crippen LogP contribution in [-0.4, -0.2) is 6.03 Å². The van der Waals surface area contributed by atoms with E-state index in [0.717, 1.165) is 4.47 Å². The first-order valence-electron chi connectivity index (χ1n) is 5.43. The summed E-state index contributed by atoms with van der Waals surface area (Å²) >= 11 is 20.9. The van der Waals surface area contributed by atoms with Crippen molar-refractivity contribution >= 4 is 68.1 Å². The first-order chi connectivity index (χ1) is 9.44. The van der Waals surface area contributed by atoms with Crippen LogP contribution >= 0.6 is 50.7 Å². The molecular formula is C13H8BrCl3N2O. The topological polar surface area (TPSA) is 41.1 Å². The predicted molar refractivity (Wildman–Crippen MR) is 88.3 cm³/mol. The Balaban J connectivity index is 2.06. The Bertz CT molecular complexity index is 644. The summed E-state index contributed by atoms with van der Waals surface area (Å²) in [6.07, 6.45) is 0. The average Bonchev–Trinajstić information content (AvgIpc) is 2.32. The molecule has 2 amide bonds. The van der Waals surface area contributed by atoms with Gasteiger partial charge in [0.15, 0.2) is 0 Å². The van der Waals surface area contributed by atoms with Gasteiger partial charge >= 0.3 is 6.03 Å². The van der Waals surface area contributed by atoms with E-state index in [1.165, 1.54) is 0 Å². The number of nitrogens with one attached hydrogen (secondary N) is 2. The zero-order valence-electron chi connectivity index (χ0n) is 9.88. The molecular weight excluding hydrogens is 386 g/mol. The first kappa shape index (κ1) is 15.4. The Kier molecular flexibility index (Phi) is 5.16. The van der Waals surface area contributed by atoms with E-state index >= 15 is 0 Å². The molecule has 0 aliphatic carbocycles. The molecule has 2 N–H and O–H groups in total. The molecule has 3 nitrogen and oxygen atoms in total.